The van der Waals surface area contributed by atoms with Gasteiger partial charge >= 0.3 is 0 Å². The minimum atomic E-state index is 0.157. The largest absolute Gasteiger partial charge is 0.310 e. The van der Waals surface area contributed by atoms with Gasteiger partial charge in [-0.2, -0.15) is 0 Å². The van der Waals surface area contributed by atoms with E-state index in [4.69, 9.17) is 0 Å². The molecule has 6 heteroatoms. The molecule has 0 spiro atoms. The minimum Gasteiger partial charge on any atom is -0.310 e. The van der Waals surface area contributed by atoms with Crippen LogP contribution in [0.5, 0.6) is 0 Å². The summed E-state index contributed by atoms with van der Waals surface area (Å²) in [7, 11) is 0. The summed E-state index contributed by atoms with van der Waals surface area (Å²) in [6, 6.07) is 68.8. The van der Waals surface area contributed by atoms with Crippen molar-refractivity contribution in [2.45, 2.75) is 19.6 Å². The van der Waals surface area contributed by atoms with Crippen LogP contribution >= 0.6 is 23.5 Å². The van der Waals surface area contributed by atoms with Gasteiger partial charge in [-0.05, 0) is 80.5 Å². The molecule has 0 unspecified atom stereocenters. The van der Waals surface area contributed by atoms with E-state index in [-0.39, 0.29) is 13.4 Å². The molecule has 0 amide bonds. The van der Waals surface area contributed by atoms with E-state index in [1.807, 2.05) is 23.5 Å². The SMILES string of the molecule is c1ccc(-c2cccc3c2Sc2cccc4c2B3c2cccc3c5cc6c7cccc8c7n(c6cc5n-4c23)-c2cccc3c2B8c2cccc(-c4ccccc4)c2S3)cc1. The van der Waals surface area contributed by atoms with Crippen molar-refractivity contribution in [1.82, 2.24) is 9.13 Å². The van der Waals surface area contributed by atoms with Crippen molar-refractivity contribution in [1.29, 1.82) is 0 Å². The lowest BCUT2D eigenvalue weighted by molar-refractivity contribution is 1.16. The third-order valence-electron chi connectivity index (χ3n) is 13.8. The van der Waals surface area contributed by atoms with Crippen LogP contribution in [0.3, 0.4) is 0 Å². The standard InChI is InChI=1S/C54H30B2N2S2/c1-3-13-31(14-4-1)33-17-7-23-41-53(33)59-47-27-11-25-43-49(47)55(41)39-21-9-19-35-37-29-38-36-20-10-22-40-52(36)58(46(38)30-45(37)57(43)51(35)39)44-26-12-28-48-50(44)56(40)42-24-8-18-34(54(42)60-48)32-15-5-2-6-16-32/h1-30H. The van der Waals surface area contributed by atoms with E-state index in [1.54, 1.807) is 0 Å². The van der Waals surface area contributed by atoms with Crippen LogP contribution in [0.1, 0.15) is 0 Å². The van der Waals surface area contributed by atoms with E-state index in [1.165, 1.54) is 130 Å². The summed E-state index contributed by atoms with van der Waals surface area (Å²) in [6.45, 7) is 0.314. The Balaban J connectivity index is 1.01. The number of para-hydroxylation sites is 2. The second-order valence-electron chi connectivity index (χ2n) is 16.7. The van der Waals surface area contributed by atoms with E-state index >= 15 is 0 Å². The molecule has 6 heterocycles. The smallest absolute Gasteiger partial charge is 0.249 e. The van der Waals surface area contributed by atoms with Crippen molar-refractivity contribution in [3.63, 3.8) is 0 Å². The third kappa shape index (κ3) is 3.97. The predicted molar refractivity (Wildman–Crippen MR) is 256 cm³/mol. The van der Waals surface area contributed by atoms with Gasteiger partial charge < -0.3 is 9.13 Å². The number of benzene rings is 9. The van der Waals surface area contributed by atoms with Gasteiger partial charge in [0.15, 0.2) is 0 Å². The van der Waals surface area contributed by atoms with E-state index in [2.05, 4.69) is 191 Å². The quantitative estimate of drug-likeness (QED) is 0.162. The van der Waals surface area contributed by atoms with Gasteiger partial charge in [0, 0.05) is 63.5 Å². The number of fused-ring (bicyclic) bond motifs is 14. The van der Waals surface area contributed by atoms with Gasteiger partial charge in [0.1, 0.15) is 0 Å². The van der Waals surface area contributed by atoms with Gasteiger partial charge in [-0.25, -0.2) is 0 Å². The van der Waals surface area contributed by atoms with Crippen LogP contribution in [-0.2, 0) is 0 Å². The van der Waals surface area contributed by atoms with Crippen LogP contribution in [0.2, 0.25) is 0 Å². The molecule has 2 nitrogen and oxygen atoms in total. The van der Waals surface area contributed by atoms with Crippen molar-refractivity contribution >= 4 is 113 Å². The first-order valence-corrected chi connectivity index (χ1v) is 22.5. The first kappa shape index (κ1) is 32.3. The van der Waals surface area contributed by atoms with Crippen molar-refractivity contribution in [3.8, 4) is 33.6 Å². The van der Waals surface area contributed by atoms with Crippen LogP contribution in [0.4, 0.5) is 0 Å². The molecule has 9 aromatic carbocycles. The zero-order valence-corrected chi connectivity index (χ0v) is 33.8. The maximum Gasteiger partial charge on any atom is 0.249 e. The van der Waals surface area contributed by atoms with Crippen LogP contribution < -0.4 is 32.8 Å². The molecule has 4 aliphatic heterocycles. The first-order valence-electron chi connectivity index (χ1n) is 20.8. The second-order valence-corrected chi connectivity index (χ2v) is 18.8. The fourth-order valence-corrected chi connectivity index (χ4v) is 14.1. The van der Waals surface area contributed by atoms with Gasteiger partial charge in [0.05, 0.1) is 11.0 Å². The van der Waals surface area contributed by atoms with Gasteiger partial charge in [-0.1, -0.05) is 180 Å². The molecule has 274 valence electrons. The fourth-order valence-electron chi connectivity index (χ4n) is 11.5. The van der Waals surface area contributed by atoms with E-state index in [0.29, 0.717) is 0 Å². The second kappa shape index (κ2) is 11.6. The summed E-state index contributed by atoms with van der Waals surface area (Å²) in [5.74, 6) is 0. The average molecular weight is 793 g/mol. The maximum atomic E-state index is 2.61. The first-order chi connectivity index (χ1) is 29.8. The summed E-state index contributed by atoms with van der Waals surface area (Å²) >= 11 is 3.88. The summed E-state index contributed by atoms with van der Waals surface area (Å²) in [6.07, 6.45) is 0. The highest BCUT2D eigenvalue weighted by molar-refractivity contribution is 8.00. The topological polar surface area (TPSA) is 9.86 Å². The Morgan fingerprint density at radius 1 is 0.350 bits per heavy atom. The maximum absolute atomic E-state index is 2.61. The van der Waals surface area contributed by atoms with Crippen LogP contribution in [0.25, 0.3) is 77.2 Å². The third-order valence-corrected chi connectivity index (χ3v) is 16.3. The monoisotopic (exact) mass is 792 g/mol. The fraction of sp³-hybridized carbons (Fsp3) is 0. The Labute approximate surface area is 355 Å². The Bertz CT molecular complexity index is 3490. The lowest BCUT2D eigenvalue weighted by Gasteiger charge is -2.34. The van der Waals surface area contributed by atoms with Gasteiger partial charge in [-0.3, -0.25) is 0 Å². The van der Waals surface area contributed by atoms with Crippen LogP contribution in [-0.4, -0.2) is 22.6 Å². The molecule has 0 saturated carbocycles. The van der Waals surface area contributed by atoms with E-state index < -0.39 is 0 Å². The number of hydrogen-bond donors (Lipinski definition) is 0. The lowest BCUT2D eigenvalue weighted by atomic mass is 9.35. The molecule has 0 bridgehead atoms. The van der Waals surface area contributed by atoms with E-state index in [0.717, 1.165) is 0 Å². The zero-order valence-electron chi connectivity index (χ0n) is 32.2. The highest BCUT2D eigenvalue weighted by atomic mass is 32.2. The zero-order chi connectivity index (χ0) is 38.8. The number of hydrogen-bond acceptors (Lipinski definition) is 2. The van der Waals surface area contributed by atoms with Gasteiger partial charge in [0.25, 0.3) is 0 Å². The Morgan fingerprint density at radius 3 is 1.27 bits per heavy atom. The molecule has 0 fully saturated rings. The molecule has 0 saturated heterocycles. The molecule has 2 aromatic heterocycles. The molecule has 4 aliphatic rings. The summed E-state index contributed by atoms with van der Waals surface area (Å²) < 4.78 is 5.22. The highest BCUT2D eigenvalue weighted by Crippen LogP contribution is 2.45. The molecule has 15 rings (SSSR count). The van der Waals surface area contributed by atoms with Crippen molar-refractivity contribution < 1.29 is 0 Å². The van der Waals surface area contributed by atoms with Crippen molar-refractivity contribution in [2.24, 2.45) is 0 Å². The molecule has 60 heavy (non-hydrogen) atoms. The molecular formula is C54H30B2N2S2. The van der Waals surface area contributed by atoms with Crippen LogP contribution in [0.15, 0.2) is 202 Å². The summed E-state index contributed by atoms with van der Waals surface area (Å²) in [4.78, 5) is 5.44. The van der Waals surface area contributed by atoms with Crippen molar-refractivity contribution in [3.05, 3.63) is 182 Å². The Kier molecular flexibility index (Phi) is 6.23. The van der Waals surface area contributed by atoms with Gasteiger partial charge in [-0.15, -0.1) is 0 Å². The van der Waals surface area contributed by atoms with Gasteiger partial charge in [0.2, 0.25) is 13.4 Å². The molecule has 0 N–H and O–H groups in total. The molecular weight excluding hydrogens is 762 g/mol. The molecule has 0 aliphatic carbocycles. The lowest BCUT2D eigenvalue weighted by Crippen LogP contribution is -2.58. The highest BCUT2D eigenvalue weighted by Gasteiger charge is 2.42. The summed E-state index contributed by atoms with van der Waals surface area (Å²) in [5.41, 5.74) is 21.4. The number of aromatic nitrogens is 2. The summed E-state index contributed by atoms with van der Waals surface area (Å²) in [5, 5.41) is 5.27. The molecule has 0 radical (unpaired) electrons. The van der Waals surface area contributed by atoms with Crippen LogP contribution in [0, 0.1) is 0 Å². The predicted octanol–water partition coefficient (Wildman–Crippen LogP) is 9.80. The van der Waals surface area contributed by atoms with Crippen molar-refractivity contribution in [2.75, 3.05) is 0 Å². The Hall–Kier alpha value is -6.59. The number of nitrogens with zero attached hydrogens (tertiary/aromatic N) is 2. The molecule has 0 atom stereocenters. The average Bonchev–Trinajstić information content (AvgIpc) is 3.81. The molecule has 11 aromatic rings. The van der Waals surface area contributed by atoms with E-state index in [9.17, 15) is 0 Å². The minimum absolute atomic E-state index is 0.157. The normalized spacial score (nSPS) is 13.8. The number of rotatable bonds is 2. The Morgan fingerprint density at radius 2 is 0.783 bits per heavy atom.